The van der Waals surface area contributed by atoms with Gasteiger partial charge in [0, 0.05) is 31.1 Å². The Balaban J connectivity index is 1.62. The quantitative estimate of drug-likeness (QED) is 0.843. The zero-order chi connectivity index (χ0) is 18.8. The summed E-state index contributed by atoms with van der Waals surface area (Å²) in [5.74, 6) is 1.35. The Bertz CT molecular complexity index is 853. The Hall–Kier alpha value is -1.38. The van der Waals surface area contributed by atoms with Crippen molar-refractivity contribution in [1.82, 2.24) is 19.8 Å². The zero-order valence-electron chi connectivity index (χ0n) is 15.8. The molecule has 0 radical (unpaired) electrons. The van der Waals surface area contributed by atoms with Gasteiger partial charge in [-0.05, 0) is 32.9 Å². The Morgan fingerprint density at radius 1 is 1.31 bits per heavy atom. The standard InChI is InChI=1S/C18H26N4O2S2/c1-5-21-6-8-22(9-7-21)18(24)13(4)25-10-14-19-16(23)15-11(2)12(3)26-17(15)20-14/h13H,5-10H2,1-4H3,(H,19,20,23). The highest BCUT2D eigenvalue weighted by molar-refractivity contribution is 7.99. The molecule has 6 nitrogen and oxygen atoms in total. The third-order valence-electron chi connectivity index (χ3n) is 5.04. The molecule has 1 atom stereocenters. The van der Waals surface area contributed by atoms with Crippen molar-refractivity contribution in [2.75, 3.05) is 32.7 Å². The van der Waals surface area contributed by atoms with Crippen LogP contribution in [0.15, 0.2) is 4.79 Å². The van der Waals surface area contributed by atoms with Gasteiger partial charge in [-0.2, -0.15) is 0 Å². The maximum atomic E-state index is 12.6. The lowest BCUT2D eigenvalue weighted by Crippen LogP contribution is -2.50. The third kappa shape index (κ3) is 3.97. The summed E-state index contributed by atoms with van der Waals surface area (Å²) in [6.45, 7) is 12.6. The van der Waals surface area contributed by atoms with Crippen LogP contribution in [-0.2, 0) is 10.5 Å². The zero-order valence-corrected chi connectivity index (χ0v) is 17.4. The molecule has 0 bridgehead atoms. The number of thiophene rings is 1. The van der Waals surface area contributed by atoms with E-state index in [1.165, 1.54) is 11.8 Å². The van der Waals surface area contributed by atoms with Gasteiger partial charge in [-0.15, -0.1) is 23.1 Å². The van der Waals surface area contributed by atoms with E-state index in [4.69, 9.17) is 0 Å². The van der Waals surface area contributed by atoms with Gasteiger partial charge in [0.1, 0.15) is 10.7 Å². The van der Waals surface area contributed by atoms with Gasteiger partial charge in [0.05, 0.1) is 16.4 Å². The summed E-state index contributed by atoms with van der Waals surface area (Å²) in [6, 6.07) is 0. The highest BCUT2D eigenvalue weighted by atomic mass is 32.2. The minimum Gasteiger partial charge on any atom is -0.339 e. The number of amides is 1. The maximum absolute atomic E-state index is 12.6. The van der Waals surface area contributed by atoms with Gasteiger partial charge in [0.2, 0.25) is 5.91 Å². The number of aryl methyl sites for hydroxylation is 2. The van der Waals surface area contributed by atoms with Crippen molar-refractivity contribution >= 4 is 39.2 Å². The van der Waals surface area contributed by atoms with Gasteiger partial charge >= 0.3 is 0 Å². The van der Waals surface area contributed by atoms with Crippen LogP contribution in [0.2, 0.25) is 0 Å². The number of nitrogens with zero attached hydrogens (tertiary/aromatic N) is 3. The van der Waals surface area contributed by atoms with Crippen molar-refractivity contribution in [3.63, 3.8) is 0 Å². The molecule has 142 valence electrons. The molecular formula is C18H26N4O2S2. The molecule has 3 heterocycles. The molecule has 2 aromatic heterocycles. The number of H-pyrrole nitrogens is 1. The first kappa shape index (κ1) is 19.4. The van der Waals surface area contributed by atoms with E-state index >= 15 is 0 Å². The number of nitrogens with one attached hydrogen (secondary N) is 1. The lowest BCUT2D eigenvalue weighted by atomic mass is 10.2. The number of rotatable bonds is 5. The number of hydrogen-bond acceptors (Lipinski definition) is 6. The van der Waals surface area contributed by atoms with Crippen LogP contribution in [0, 0.1) is 13.8 Å². The molecule has 0 spiro atoms. The molecule has 0 aliphatic carbocycles. The molecule has 3 rings (SSSR count). The van der Waals surface area contributed by atoms with Gasteiger partial charge in [-0.1, -0.05) is 6.92 Å². The summed E-state index contributed by atoms with van der Waals surface area (Å²) in [7, 11) is 0. The predicted octanol–water partition coefficient (Wildman–Crippen LogP) is 2.39. The van der Waals surface area contributed by atoms with Gasteiger partial charge in [0.25, 0.3) is 5.56 Å². The molecule has 8 heteroatoms. The number of carbonyl (C=O) groups is 1. The molecule has 1 N–H and O–H groups in total. The number of piperazine rings is 1. The molecule has 1 saturated heterocycles. The molecular weight excluding hydrogens is 368 g/mol. The molecule has 1 aliphatic rings. The van der Waals surface area contributed by atoms with Crippen molar-refractivity contribution < 1.29 is 4.79 Å². The van der Waals surface area contributed by atoms with Crippen LogP contribution >= 0.6 is 23.1 Å². The summed E-state index contributed by atoms with van der Waals surface area (Å²) in [5.41, 5.74) is 0.926. The highest BCUT2D eigenvalue weighted by Gasteiger charge is 2.25. The number of carbonyl (C=O) groups excluding carboxylic acids is 1. The molecule has 1 unspecified atom stereocenters. The summed E-state index contributed by atoms with van der Waals surface area (Å²) < 4.78 is 0. The summed E-state index contributed by atoms with van der Waals surface area (Å²) >= 11 is 3.09. The molecule has 0 aromatic carbocycles. The maximum Gasteiger partial charge on any atom is 0.259 e. The van der Waals surface area contributed by atoms with Crippen LogP contribution in [0.1, 0.15) is 30.1 Å². The molecule has 1 aliphatic heterocycles. The monoisotopic (exact) mass is 394 g/mol. The minimum atomic E-state index is -0.143. The Labute approximate surface area is 162 Å². The normalized spacial score (nSPS) is 17.0. The van der Waals surface area contributed by atoms with Crippen molar-refractivity contribution in [1.29, 1.82) is 0 Å². The molecule has 26 heavy (non-hydrogen) atoms. The van der Waals surface area contributed by atoms with Crippen LogP contribution in [0.25, 0.3) is 10.2 Å². The van der Waals surface area contributed by atoms with E-state index in [-0.39, 0.29) is 16.7 Å². The minimum absolute atomic E-state index is 0.0814. The second kappa shape index (κ2) is 8.10. The average molecular weight is 395 g/mol. The van der Waals surface area contributed by atoms with E-state index < -0.39 is 0 Å². The fourth-order valence-corrected chi connectivity index (χ4v) is 5.07. The topological polar surface area (TPSA) is 69.3 Å². The molecule has 1 amide bonds. The number of likely N-dealkylation sites (N-methyl/N-ethyl adjacent to an activating group) is 1. The van der Waals surface area contributed by atoms with E-state index in [0.29, 0.717) is 17.0 Å². The predicted molar refractivity (Wildman–Crippen MR) is 109 cm³/mol. The van der Waals surface area contributed by atoms with Crippen LogP contribution in [-0.4, -0.2) is 63.6 Å². The van der Waals surface area contributed by atoms with Crippen molar-refractivity contribution in [2.45, 2.75) is 38.7 Å². The van der Waals surface area contributed by atoms with Crippen LogP contribution in [0.3, 0.4) is 0 Å². The van der Waals surface area contributed by atoms with Crippen LogP contribution in [0.5, 0.6) is 0 Å². The fourth-order valence-electron chi connectivity index (χ4n) is 3.18. The van der Waals surface area contributed by atoms with E-state index in [9.17, 15) is 9.59 Å². The van der Waals surface area contributed by atoms with Crippen LogP contribution < -0.4 is 5.56 Å². The molecule has 1 fully saturated rings. The van der Waals surface area contributed by atoms with Crippen molar-refractivity contribution in [3.8, 4) is 0 Å². The number of aromatic amines is 1. The number of aromatic nitrogens is 2. The van der Waals surface area contributed by atoms with Crippen molar-refractivity contribution in [2.24, 2.45) is 0 Å². The van der Waals surface area contributed by atoms with Gasteiger partial charge in [-0.3, -0.25) is 9.59 Å². The van der Waals surface area contributed by atoms with Gasteiger partial charge in [0.15, 0.2) is 0 Å². The Morgan fingerprint density at radius 2 is 2.00 bits per heavy atom. The Kier molecular flexibility index (Phi) is 6.04. The number of fused-ring (bicyclic) bond motifs is 1. The third-order valence-corrected chi connectivity index (χ3v) is 7.28. The van der Waals surface area contributed by atoms with Crippen LogP contribution in [0.4, 0.5) is 0 Å². The van der Waals surface area contributed by atoms with E-state index in [1.54, 1.807) is 11.3 Å². The number of hydrogen-bond donors (Lipinski definition) is 1. The highest BCUT2D eigenvalue weighted by Crippen LogP contribution is 2.26. The first-order valence-corrected chi connectivity index (χ1v) is 10.9. The smallest absolute Gasteiger partial charge is 0.259 e. The van der Waals surface area contributed by atoms with Crippen molar-refractivity contribution in [3.05, 3.63) is 26.6 Å². The van der Waals surface area contributed by atoms with E-state index in [1.807, 2.05) is 25.7 Å². The lowest BCUT2D eigenvalue weighted by molar-refractivity contribution is -0.132. The summed E-state index contributed by atoms with van der Waals surface area (Å²) in [4.78, 5) is 38.7. The summed E-state index contributed by atoms with van der Waals surface area (Å²) in [6.07, 6.45) is 0. The molecule has 0 saturated carbocycles. The fraction of sp³-hybridized carbons (Fsp3) is 0.611. The van der Waals surface area contributed by atoms with Gasteiger partial charge in [-0.25, -0.2) is 4.98 Å². The second-order valence-corrected chi connectivity index (χ2v) is 9.22. The lowest BCUT2D eigenvalue weighted by Gasteiger charge is -2.35. The van der Waals surface area contributed by atoms with E-state index in [0.717, 1.165) is 48.0 Å². The first-order chi connectivity index (χ1) is 12.4. The van der Waals surface area contributed by atoms with E-state index in [2.05, 4.69) is 21.8 Å². The average Bonchev–Trinajstić information content (AvgIpc) is 2.93. The second-order valence-electron chi connectivity index (χ2n) is 6.69. The largest absolute Gasteiger partial charge is 0.339 e. The SMILES string of the molecule is CCN1CCN(C(=O)C(C)SCc2nc3sc(C)c(C)c3c(=O)[nH]2)CC1. The molecule has 2 aromatic rings. The summed E-state index contributed by atoms with van der Waals surface area (Å²) in [5, 5.41) is 0.551. The van der Waals surface area contributed by atoms with Gasteiger partial charge < -0.3 is 14.8 Å². The number of thioether (sulfide) groups is 1. The first-order valence-electron chi connectivity index (χ1n) is 9.02. The Morgan fingerprint density at radius 3 is 2.65 bits per heavy atom.